The van der Waals surface area contributed by atoms with Crippen LogP contribution in [0.1, 0.15) is 20.3 Å². The Bertz CT molecular complexity index is 174. The molecule has 12 heavy (non-hydrogen) atoms. The first-order chi connectivity index (χ1) is 5.49. The third-order valence-electron chi connectivity index (χ3n) is 1.70. The van der Waals surface area contributed by atoms with E-state index in [0.717, 1.165) is 0 Å². The zero-order valence-electron chi connectivity index (χ0n) is 7.53. The number of hydrogen-bond donors (Lipinski definition) is 1. The van der Waals surface area contributed by atoms with Crippen molar-refractivity contribution in [2.45, 2.75) is 20.3 Å². The molecule has 0 saturated carbocycles. The van der Waals surface area contributed by atoms with Gasteiger partial charge in [0, 0.05) is 0 Å². The van der Waals surface area contributed by atoms with Crippen LogP contribution in [0.4, 0.5) is 0 Å². The van der Waals surface area contributed by atoms with Gasteiger partial charge in [-0.25, -0.2) is 0 Å². The van der Waals surface area contributed by atoms with Gasteiger partial charge < -0.3 is 9.84 Å². The van der Waals surface area contributed by atoms with Crippen molar-refractivity contribution in [3.05, 3.63) is 0 Å². The van der Waals surface area contributed by atoms with E-state index in [1.807, 2.05) is 0 Å². The Labute approximate surface area is 71.5 Å². The Hall–Kier alpha value is -1.06. The summed E-state index contributed by atoms with van der Waals surface area (Å²) in [6.07, 6.45) is -0.162. The van der Waals surface area contributed by atoms with Gasteiger partial charge in [-0.05, 0) is 5.92 Å². The summed E-state index contributed by atoms with van der Waals surface area (Å²) in [4.78, 5) is 21.3. The van der Waals surface area contributed by atoms with Gasteiger partial charge in [0.25, 0.3) is 0 Å². The Morgan fingerprint density at radius 1 is 1.42 bits per heavy atom. The van der Waals surface area contributed by atoms with Crippen molar-refractivity contribution in [1.82, 2.24) is 0 Å². The van der Waals surface area contributed by atoms with Crippen LogP contribution in [-0.4, -0.2) is 24.2 Å². The van der Waals surface area contributed by atoms with Gasteiger partial charge in [0.2, 0.25) is 0 Å². The number of carbonyl (C=O) groups is 2. The van der Waals surface area contributed by atoms with Crippen molar-refractivity contribution in [3.63, 3.8) is 0 Å². The molecule has 0 aliphatic heterocycles. The standard InChI is InChI=1S/C8H14O4/c1-5(2)6(4-7(9)10)8(11)12-3/h5-6H,4H2,1-3H3,(H,9,10). The summed E-state index contributed by atoms with van der Waals surface area (Å²) in [7, 11) is 1.26. The molecule has 0 saturated heterocycles. The summed E-state index contributed by atoms with van der Waals surface area (Å²) in [6, 6.07) is 0. The molecular formula is C8H14O4. The maximum absolute atomic E-state index is 11.0. The van der Waals surface area contributed by atoms with Crippen LogP contribution in [-0.2, 0) is 14.3 Å². The number of aliphatic carboxylic acids is 1. The van der Waals surface area contributed by atoms with E-state index in [9.17, 15) is 9.59 Å². The Morgan fingerprint density at radius 3 is 2.17 bits per heavy atom. The molecule has 1 N–H and O–H groups in total. The largest absolute Gasteiger partial charge is 0.481 e. The Morgan fingerprint density at radius 2 is 1.92 bits per heavy atom. The zero-order valence-corrected chi connectivity index (χ0v) is 7.53. The van der Waals surface area contributed by atoms with Crippen LogP contribution in [0.25, 0.3) is 0 Å². The topological polar surface area (TPSA) is 63.6 Å². The van der Waals surface area contributed by atoms with Gasteiger partial charge in [0.1, 0.15) is 0 Å². The van der Waals surface area contributed by atoms with E-state index in [2.05, 4.69) is 4.74 Å². The smallest absolute Gasteiger partial charge is 0.309 e. The minimum absolute atomic E-state index is 0.00597. The van der Waals surface area contributed by atoms with E-state index in [0.29, 0.717) is 0 Å². The van der Waals surface area contributed by atoms with E-state index >= 15 is 0 Å². The number of ether oxygens (including phenoxy) is 1. The van der Waals surface area contributed by atoms with Crippen LogP contribution in [0.5, 0.6) is 0 Å². The molecule has 0 aromatic rings. The summed E-state index contributed by atoms with van der Waals surface area (Å²) in [5, 5.41) is 8.47. The molecule has 0 aliphatic carbocycles. The second-order valence-corrected chi connectivity index (χ2v) is 2.97. The fraction of sp³-hybridized carbons (Fsp3) is 0.750. The highest BCUT2D eigenvalue weighted by Crippen LogP contribution is 2.16. The summed E-state index contributed by atoms with van der Waals surface area (Å²) in [5.41, 5.74) is 0. The van der Waals surface area contributed by atoms with E-state index in [1.54, 1.807) is 13.8 Å². The third-order valence-corrected chi connectivity index (χ3v) is 1.70. The molecule has 0 amide bonds. The molecule has 0 heterocycles. The maximum Gasteiger partial charge on any atom is 0.309 e. The quantitative estimate of drug-likeness (QED) is 0.643. The van der Waals surface area contributed by atoms with Crippen molar-refractivity contribution in [3.8, 4) is 0 Å². The van der Waals surface area contributed by atoms with E-state index < -0.39 is 17.9 Å². The lowest BCUT2D eigenvalue weighted by Crippen LogP contribution is -2.24. The summed E-state index contributed by atoms with van der Waals surface area (Å²) in [5.74, 6) is -1.97. The lowest BCUT2D eigenvalue weighted by atomic mass is 9.93. The fourth-order valence-electron chi connectivity index (χ4n) is 0.931. The number of hydrogen-bond acceptors (Lipinski definition) is 3. The second kappa shape index (κ2) is 4.74. The predicted octanol–water partition coefficient (Wildman–Crippen LogP) is 0.906. The van der Waals surface area contributed by atoms with Gasteiger partial charge in [-0.15, -0.1) is 0 Å². The van der Waals surface area contributed by atoms with Gasteiger partial charge in [0.05, 0.1) is 19.4 Å². The molecule has 0 bridgehead atoms. The van der Waals surface area contributed by atoms with Gasteiger partial charge in [0.15, 0.2) is 0 Å². The first-order valence-electron chi connectivity index (χ1n) is 3.78. The predicted molar refractivity (Wildman–Crippen MR) is 42.6 cm³/mol. The van der Waals surface area contributed by atoms with E-state index in [-0.39, 0.29) is 12.3 Å². The van der Waals surface area contributed by atoms with Crippen LogP contribution >= 0.6 is 0 Å². The number of methoxy groups -OCH3 is 1. The highest BCUT2D eigenvalue weighted by atomic mass is 16.5. The normalized spacial score (nSPS) is 12.7. The molecule has 0 radical (unpaired) electrons. The molecule has 0 aliphatic rings. The summed E-state index contributed by atoms with van der Waals surface area (Å²) < 4.78 is 4.47. The van der Waals surface area contributed by atoms with Gasteiger partial charge in [-0.3, -0.25) is 9.59 Å². The van der Waals surface area contributed by atoms with Crippen LogP contribution in [0, 0.1) is 11.8 Å². The lowest BCUT2D eigenvalue weighted by Gasteiger charge is -2.15. The zero-order chi connectivity index (χ0) is 9.72. The highest BCUT2D eigenvalue weighted by Gasteiger charge is 2.25. The van der Waals surface area contributed by atoms with Crippen molar-refractivity contribution in [2.24, 2.45) is 11.8 Å². The minimum atomic E-state index is -0.973. The Balaban J connectivity index is 4.23. The number of esters is 1. The first-order valence-corrected chi connectivity index (χ1v) is 3.78. The van der Waals surface area contributed by atoms with E-state index in [4.69, 9.17) is 5.11 Å². The van der Waals surface area contributed by atoms with Crippen LogP contribution < -0.4 is 0 Å². The average molecular weight is 174 g/mol. The molecule has 0 aromatic heterocycles. The van der Waals surface area contributed by atoms with Crippen molar-refractivity contribution >= 4 is 11.9 Å². The third kappa shape index (κ3) is 3.37. The SMILES string of the molecule is COC(=O)C(CC(=O)O)C(C)C. The maximum atomic E-state index is 11.0. The van der Waals surface area contributed by atoms with Crippen molar-refractivity contribution in [1.29, 1.82) is 0 Å². The van der Waals surface area contributed by atoms with Gasteiger partial charge >= 0.3 is 11.9 Å². The fourth-order valence-corrected chi connectivity index (χ4v) is 0.931. The monoisotopic (exact) mass is 174 g/mol. The van der Waals surface area contributed by atoms with Crippen LogP contribution in [0.15, 0.2) is 0 Å². The lowest BCUT2D eigenvalue weighted by molar-refractivity contribution is -0.152. The van der Waals surface area contributed by atoms with Gasteiger partial charge in [-0.2, -0.15) is 0 Å². The molecule has 0 spiro atoms. The molecule has 4 heteroatoms. The number of carbonyl (C=O) groups excluding carboxylic acids is 1. The first kappa shape index (κ1) is 10.9. The molecule has 4 nitrogen and oxygen atoms in total. The number of carboxylic acids is 1. The van der Waals surface area contributed by atoms with Crippen LogP contribution in [0.2, 0.25) is 0 Å². The molecule has 0 rings (SSSR count). The van der Waals surface area contributed by atoms with Crippen molar-refractivity contribution < 1.29 is 19.4 Å². The van der Waals surface area contributed by atoms with E-state index in [1.165, 1.54) is 7.11 Å². The summed E-state index contributed by atoms with van der Waals surface area (Å²) in [6.45, 7) is 3.59. The van der Waals surface area contributed by atoms with Crippen LogP contribution in [0.3, 0.4) is 0 Å². The minimum Gasteiger partial charge on any atom is -0.481 e. The second-order valence-electron chi connectivity index (χ2n) is 2.97. The summed E-state index contributed by atoms with van der Waals surface area (Å²) >= 11 is 0. The Kier molecular flexibility index (Phi) is 4.33. The highest BCUT2D eigenvalue weighted by molar-refractivity contribution is 5.79. The number of carboxylic acid groups (broad SMARTS) is 1. The molecule has 1 atom stereocenters. The number of rotatable bonds is 4. The molecule has 1 unspecified atom stereocenters. The molecule has 0 aromatic carbocycles. The van der Waals surface area contributed by atoms with Crippen molar-refractivity contribution in [2.75, 3.05) is 7.11 Å². The molecule has 0 fully saturated rings. The molecule has 70 valence electrons. The van der Waals surface area contributed by atoms with Gasteiger partial charge in [-0.1, -0.05) is 13.8 Å². The molecular weight excluding hydrogens is 160 g/mol. The average Bonchev–Trinajstić information content (AvgIpc) is 1.98.